The van der Waals surface area contributed by atoms with Crippen LogP contribution in [-0.2, 0) is 17.1 Å². The van der Waals surface area contributed by atoms with Gasteiger partial charge in [0.25, 0.3) is 0 Å². The summed E-state index contributed by atoms with van der Waals surface area (Å²) in [4.78, 5) is 18.8. The molecule has 1 atom stereocenters. The minimum absolute atomic E-state index is 0. The van der Waals surface area contributed by atoms with Crippen molar-refractivity contribution in [3.05, 3.63) is 30.1 Å². The largest absolute Gasteiger partial charge is 0.340 e. The number of rotatable bonds is 6. The highest BCUT2D eigenvalue weighted by atomic mass is 35.5. The zero-order valence-corrected chi connectivity index (χ0v) is 16.0. The molecule has 0 fully saturated rings. The quantitative estimate of drug-likeness (QED) is 0.838. The van der Waals surface area contributed by atoms with Crippen LogP contribution in [0.3, 0.4) is 0 Å². The van der Waals surface area contributed by atoms with Crippen molar-refractivity contribution < 1.29 is 4.79 Å². The molecule has 2 rings (SSSR count). The number of hydrogen-bond acceptors (Lipinski definition) is 4. The van der Waals surface area contributed by atoms with E-state index in [-0.39, 0.29) is 36.8 Å². The van der Waals surface area contributed by atoms with E-state index in [1.54, 1.807) is 23.7 Å². The molecule has 0 aliphatic rings. The lowest BCUT2D eigenvalue weighted by Gasteiger charge is -2.24. The zero-order chi connectivity index (χ0) is 15.4. The van der Waals surface area contributed by atoms with E-state index in [0.29, 0.717) is 13.1 Å². The SMILES string of the molecule is CSCc1nc2ccccc2n1CC(=O)N(C)C(C)CN.Cl.Cl. The molecule has 1 aromatic heterocycles. The fourth-order valence-corrected chi connectivity index (χ4v) is 2.67. The summed E-state index contributed by atoms with van der Waals surface area (Å²) in [6.07, 6.45) is 2.04. The van der Waals surface area contributed by atoms with Crippen LogP contribution in [-0.4, -0.2) is 46.2 Å². The van der Waals surface area contributed by atoms with Crippen LogP contribution in [0.2, 0.25) is 0 Å². The van der Waals surface area contributed by atoms with Crippen LogP contribution in [0.5, 0.6) is 0 Å². The number of imidazole rings is 1. The predicted molar refractivity (Wildman–Crippen MR) is 103 cm³/mol. The van der Waals surface area contributed by atoms with E-state index in [1.807, 2.05) is 42.0 Å². The fourth-order valence-electron chi connectivity index (χ4n) is 2.19. The second-order valence-electron chi connectivity index (χ2n) is 5.13. The Hall–Kier alpha value is -0.950. The molecule has 0 saturated heterocycles. The molecule has 5 nitrogen and oxygen atoms in total. The Morgan fingerprint density at radius 2 is 2.04 bits per heavy atom. The second kappa shape index (κ2) is 10.0. The van der Waals surface area contributed by atoms with Crippen molar-refractivity contribution in [1.82, 2.24) is 14.5 Å². The molecule has 2 N–H and O–H groups in total. The number of halogens is 2. The van der Waals surface area contributed by atoms with Crippen molar-refractivity contribution >= 4 is 53.5 Å². The summed E-state index contributed by atoms with van der Waals surface area (Å²) in [7, 11) is 1.80. The topological polar surface area (TPSA) is 64.2 Å². The van der Waals surface area contributed by atoms with Gasteiger partial charge in [-0.05, 0) is 25.3 Å². The van der Waals surface area contributed by atoms with Crippen molar-refractivity contribution in [3.8, 4) is 0 Å². The Morgan fingerprint density at radius 1 is 1.39 bits per heavy atom. The highest BCUT2D eigenvalue weighted by Crippen LogP contribution is 2.19. The van der Waals surface area contributed by atoms with E-state index >= 15 is 0 Å². The van der Waals surface area contributed by atoms with E-state index in [0.717, 1.165) is 22.6 Å². The normalized spacial score (nSPS) is 11.5. The summed E-state index contributed by atoms with van der Waals surface area (Å²) in [5.41, 5.74) is 7.57. The number of para-hydroxylation sites is 2. The van der Waals surface area contributed by atoms with Crippen molar-refractivity contribution in [3.63, 3.8) is 0 Å². The molecule has 1 unspecified atom stereocenters. The van der Waals surface area contributed by atoms with Gasteiger partial charge in [0.15, 0.2) is 0 Å². The summed E-state index contributed by atoms with van der Waals surface area (Å²) in [5, 5.41) is 0. The van der Waals surface area contributed by atoms with Crippen molar-refractivity contribution in [2.75, 3.05) is 19.8 Å². The predicted octanol–water partition coefficient (Wildman–Crippen LogP) is 2.55. The maximum Gasteiger partial charge on any atom is 0.242 e. The number of fused-ring (bicyclic) bond motifs is 1. The molecule has 0 radical (unpaired) electrons. The lowest BCUT2D eigenvalue weighted by molar-refractivity contribution is -0.132. The Bertz CT molecular complexity index is 635. The average Bonchev–Trinajstić information content (AvgIpc) is 2.84. The van der Waals surface area contributed by atoms with Gasteiger partial charge in [-0.2, -0.15) is 11.8 Å². The number of aromatic nitrogens is 2. The van der Waals surface area contributed by atoms with Gasteiger partial charge in [-0.15, -0.1) is 24.8 Å². The van der Waals surface area contributed by atoms with Gasteiger partial charge in [-0.1, -0.05) is 12.1 Å². The van der Waals surface area contributed by atoms with Crippen LogP contribution >= 0.6 is 36.6 Å². The lowest BCUT2D eigenvalue weighted by Crippen LogP contribution is -2.41. The Balaban J connectivity index is 0.00000242. The first-order valence-corrected chi connectivity index (χ1v) is 8.36. The molecule has 2 aromatic rings. The Kier molecular flexibility index (Phi) is 9.61. The van der Waals surface area contributed by atoms with E-state index in [2.05, 4.69) is 4.98 Å². The first-order chi connectivity index (χ1) is 10.1. The van der Waals surface area contributed by atoms with Gasteiger partial charge in [-0.3, -0.25) is 4.79 Å². The first-order valence-electron chi connectivity index (χ1n) is 6.97. The van der Waals surface area contributed by atoms with Crippen molar-refractivity contribution in [1.29, 1.82) is 0 Å². The molecule has 1 amide bonds. The van der Waals surface area contributed by atoms with Gasteiger partial charge in [0.1, 0.15) is 12.4 Å². The first kappa shape index (κ1) is 22.1. The number of likely N-dealkylation sites (N-methyl/N-ethyl adjacent to an activating group) is 1. The molecule has 0 aliphatic heterocycles. The van der Waals surface area contributed by atoms with Gasteiger partial charge >= 0.3 is 0 Å². The number of hydrogen-bond donors (Lipinski definition) is 1. The Morgan fingerprint density at radius 3 is 2.65 bits per heavy atom. The van der Waals surface area contributed by atoms with Gasteiger partial charge in [0, 0.05) is 19.6 Å². The van der Waals surface area contributed by atoms with Gasteiger partial charge < -0.3 is 15.2 Å². The third-order valence-corrected chi connectivity index (χ3v) is 4.24. The smallest absolute Gasteiger partial charge is 0.242 e. The van der Waals surface area contributed by atoms with Crippen LogP contribution in [0.25, 0.3) is 11.0 Å². The van der Waals surface area contributed by atoms with Gasteiger partial charge in [-0.25, -0.2) is 4.98 Å². The van der Waals surface area contributed by atoms with Gasteiger partial charge in [0.2, 0.25) is 5.91 Å². The molecular formula is C15H24Cl2N4OS. The van der Waals surface area contributed by atoms with Crippen LogP contribution in [0.1, 0.15) is 12.7 Å². The lowest BCUT2D eigenvalue weighted by atomic mass is 10.3. The number of thioether (sulfide) groups is 1. The molecule has 130 valence electrons. The second-order valence-corrected chi connectivity index (χ2v) is 5.99. The highest BCUT2D eigenvalue weighted by molar-refractivity contribution is 7.97. The fraction of sp³-hybridized carbons (Fsp3) is 0.467. The summed E-state index contributed by atoms with van der Waals surface area (Å²) in [5.74, 6) is 1.78. The monoisotopic (exact) mass is 378 g/mol. The standard InChI is InChI=1S/C15H22N4OS.2ClH/c1-11(8-16)18(2)15(20)9-19-13-7-5-4-6-12(13)17-14(19)10-21-3;;/h4-7,11H,8-10,16H2,1-3H3;2*1H. The number of amides is 1. The summed E-state index contributed by atoms with van der Waals surface area (Å²) in [6, 6.07) is 7.96. The van der Waals surface area contributed by atoms with E-state index < -0.39 is 0 Å². The minimum Gasteiger partial charge on any atom is -0.340 e. The number of benzene rings is 1. The summed E-state index contributed by atoms with van der Waals surface area (Å²) in [6.45, 7) is 2.72. The molecule has 23 heavy (non-hydrogen) atoms. The van der Waals surface area contributed by atoms with E-state index in [1.165, 1.54) is 0 Å². The molecule has 1 aromatic carbocycles. The maximum atomic E-state index is 12.4. The minimum atomic E-state index is 0. The number of nitrogens with two attached hydrogens (primary N) is 1. The maximum absolute atomic E-state index is 12.4. The molecule has 0 aliphatic carbocycles. The molecule has 0 bridgehead atoms. The average molecular weight is 379 g/mol. The van der Waals surface area contributed by atoms with Crippen molar-refractivity contribution in [2.24, 2.45) is 5.73 Å². The van der Waals surface area contributed by atoms with Crippen LogP contribution in [0, 0.1) is 0 Å². The molecule has 0 saturated carbocycles. The van der Waals surface area contributed by atoms with Gasteiger partial charge in [0.05, 0.1) is 16.8 Å². The molecule has 0 spiro atoms. The van der Waals surface area contributed by atoms with E-state index in [4.69, 9.17) is 5.73 Å². The van der Waals surface area contributed by atoms with Crippen LogP contribution in [0.4, 0.5) is 0 Å². The zero-order valence-electron chi connectivity index (χ0n) is 13.6. The van der Waals surface area contributed by atoms with E-state index in [9.17, 15) is 4.79 Å². The third kappa shape index (κ3) is 5.01. The molecular weight excluding hydrogens is 355 g/mol. The number of carbonyl (C=O) groups excluding carboxylic acids is 1. The number of nitrogens with zero attached hydrogens (tertiary/aromatic N) is 3. The highest BCUT2D eigenvalue weighted by Gasteiger charge is 2.18. The molecule has 1 heterocycles. The third-order valence-electron chi connectivity index (χ3n) is 3.70. The Labute approximate surface area is 153 Å². The summed E-state index contributed by atoms with van der Waals surface area (Å²) >= 11 is 1.70. The van der Waals surface area contributed by atoms with Crippen LogP contribution < -0.4 is 5.73 Å². The summed E-state index contributed by atoms with van der Waals surface area (Å²) < 4.78 is 2.01. The number of carbonyl (C=O) groups is 1. The molecule has 8 heteroatoms. The van der Waals surface area contributed by atoms with Crippen LogP contribution in [0.15, 0.2) is 24.3 Å². The van der Waals surface area contributed by atoms with Crippen molar-refractivity contribution in [2.45, 2.75) is 25.3 Å².